The van der Waals surface area contributed by atoms with Crippen molar-refractivity contribution >= 4 is 35.0 Å². The molecule has 3 aromatic heterocycles. The predicted octanol–water partition coefficient (Wildman–Crippen LogP) is 3.91. The molecule has 0 saturated carbocycles. The van der Waals surface area contributed by atoms with Crippen molar-refractivity contribution < 1.29 is 4.74 Å². The highest BCUT2D eigenvalue weighted by Gasteiger charge is 2.14. The molecule has 3 rings (SSSR count). The molecule has 0 saturated heterocycles. The van der Waals surface area contributed by atoms with Crippen molar-refractivity contribution in [2.45, 2.75) is 32.4 Å². The van der Waals surface area contributed by atoms with Crippen LogP contribution in [0.15, 0.2) is 29.3 Å². The number of rotatable bonds is 6. The molecule has 0 radical (unpaired) electrons. The zero-order valence-electron chi connectivity index (χ0n) is 14.5. The fourth-order valence-electron chi connectivity index (χ4n) is 2.41. The number of fused-ring (bicyclic) bond motifs is 1. The van der Waals surface area contributed by atoms with Gasteiger partial charge >= 0.3 is 0 Å². The third-order valence-electron chi connectivity index (χ3n) is 3.85. The van der Waals surface area contributed by atoms with Crippen molar-refractivity contribution in [3.63, 3.8) is 0 Å². The molecule has 0 atom stereocenters. The van der Waals surface area contributed by atoms with Crippen molar-refractivity contribution in [1.82, 2.24) is 24.3 Å². The molecule has 0 aliphatic rings. The van der Waals surface area contributed by atoms with Crippen LogP contribution in [0.25, 0.3) is 22.4 Å². The van der Waals surface area contributed by atoms with E-state index in [0.717, 1.165) is 39.7 Å². The maximum absolute atomic E-state index is 5.74. The first-order valence-corrected chi connectivity index (χ1v) is 12.4. The maximum atomic E-state index is 5.74. The SMILES string of the molecule is Cn1c(-c2cnn(COCC[Si](C)(C)C)c2)nc2cc(Br)ncc21. The fraction of sp³-hybridized carbons (Fsp3) is 0.438. The van der Waals surface area contributed by atoms with Gasteiger partial charge < -0.3 is 9.30 Å². The zero-order valence-corrected chi connectivity index (χ0v) is 17.0. The molecule has 3 aromatic rings. The summed E-state index contributed by atoms with van der Waals surface area (Å²) in [5.74, 6) is 0.873. The summed E-state index contributed by atoms with van der Waals surface area (Å²) in [7, 11) is 0.936. The highest BCUT2D eigenvalue weighted by Crippen LogP contribution is 2.24. The van der Waals surface area contributed by atoms with E-state index in [1.165, 1.54) is 0 Å². The Kier molecular flexibility index (Phi) is 4.89. The van der Waals surface area contributed by atoms with E-state index in [4.69, 9.17) is 4.74 Å². The first-order valence-electron chi connectivity index (χ1n) is 7.92. The van der Waals surface area contributed by atoms with Gasteiger partial charge in [0.2, 0.25) is 0 Å². The van der Waals surface area contributed by atoms with Crippen LogP contribution in [0.4, 0.5) is 0 Å². The number of ether oxygens (including phenoxy) is 1. The van der Waals surface area contributed by atoms with E-state index >= 15 is 0 Å². The normalized spacial score (nSPS) is 12.2. The number of aromatic nitrogens is 5. The molecule has 128 valence electrons. The largest absolute Gasteiger partial charge is 0.360 e. The van der Waals surface area contributed by atoms with Crippen LogP contribution in [-0.2, 0) is 18.5 Å². The molecule has 0 N–H and O–H groups in total. The highest BCUT2D eigenvalue weighted by atomic mass is 79.9. The van der Waals surface area contributed by atoms with Crippen LogP contribution in [0, 0.1) is 0 Å². The van der Waals surface area contributed by atoms with E-state index in [2.05, 4.69) is 50.6 Å². The van der Waals surface area contributed by atoms with Crippen LogP contribution in [-0.4, -0.2) is 39.0 Å². The number of aryl methyl sites for hydroxylation is 1. The van der Waals surface area contributed by atoms with Gasteiger partial charge in [0.15, 0.2) is 0 Å². The Labute approximate surface area is 151 Å². The van der Waals surface area contributed by atoms with Gasteiger partial charge in [0, 0.05) is 27.9 Å². The van der Waals surface area contributed by atoms with Crippen molar-refractivity contribution in [3.05, 3.63) is 29.3 Å². The molecule has 0 bridgehead atoms. The molecule has 0 fully saturated rings. The van der Waals surface area contributed by atoms with E-state index in [9.17, 15) is 0 Å². The number of hydrogen-bond acceptors (Lipinski definition) is 4. The molecule has 6 nitrogen and oxygen atoms in total. The van der Waals surface area contributed by atoms with Crippen molar-refractivity contribution in [3.8, 4) is 11.4 Å². The van der Waals surface area contributed by atoms with Gasteiger partial charge in [-0.2, -0.15) is 5.10 Å². The number of halogens is 1. The molecule has 0 amide bonds. The van der Waals surface area contributed by atoms with Gasteiger partial charge in [-0.1, -0.05) is 19.6 Å². The number of pyridine rings is 1. The van der Waals surface area contributed by atoms with Gasteiger partial charge in [-0.05, 0) is 28.0 Å². The van der Waals surface area contributed by atoms with Crippen molar-refractivity contribution in [2.75, 3.05) is 6.61 Å². The number of imidazole rings is 1. The van der Waals surface area contributed by atoms with E-state index in [1.807, 2.05) is 41.0 Å². The molecule has 0 spiro atoms. The second-order valence-corrected chi connectivity index (χ2v) is 13.5. The predicted molar refractivity (Wildman–Crippen MR) is 102 cm³/mol. The summed E-state index contributed by atoms with van der Waals surface area (Å²) in [6.07, 6.45) is 5.61. The summed E-state index contributed by atoms with van der Waals surface area (Å²) in [4.78, 5) is 8.96. The Balaban J connectivity index is 1.72. The molecule has 8 heteroatoms. The standard InChI is InChI=1S/C16H22BrN5OSi/c1-21-14-9-18-15(17)7-13(14)20-16(21)12-8-19-22(10-12)11-23-5-6-24(2,3)4/h7-10H,5-6,11H2,1-4H3. The summed E-state index contributed by atoms with van der Waals surface area (Å²) < 4.78 is 10.4. The summed E-state index contributed by atoms with van der Waals surface area (Å²) >= 11 is 3.39. The minimum atomic E-state index is -1.05. The van der Waals surface area contributed by atoms with E-state index < -0.39 is 8.07 Å². The maximum Gasteiger partial charge on any atom is 0.144 e. The lowest BCUT2D eigenvalue weighted by Gasteiger charge is -2.15. The van der Waals surface area contributed by atoms with E-state index in [-0.39, 0.29) is 0 Å². The summed E-state index contributed by atoms with van der Waals surface area (Å²) in [5.41, 5.74) is 2.87. The molecule has 0 aliphatic heterocycles. The van der Waals surface area contributed by atoms with Gasteiger partial charge in [0.05, 0.1) is 29.0 Å². The fourth-order valence-corrected chi connectivity index (χ4v) is 3.48. The van der Waals surface area contributed by atoms with Crippen LogP contribution < -0.4 is 0 Å². The van der Waals surface area contributed by atoms with Crippen LogP contribution in [0.5, 0.6) is 0 Å². The summed E-state index contributed by atoms with van der Waals surface area (Å²) in [6.45, 7) is 8.31. The lowest BCUT2D eigenvalue weighted by atomic mass is 10.3. The molecule has 0 unspecified atom stereocenters. The third kappa shape index (κ3) is 3.93. The summed E-state index contributed by atoms with van der Waals surface area (Å²) in [6, 6.07) is 3.08. The monoisotopic (exact) mass is 407 g/mol. The molecular formula is C16H22BrN5OSi. The molecule has 24 heavy (non-hydrogen) atoms. The summed E-state index contributed by atoms with van der Waals surface area (Å²) in [5, 5.41) is 4.38. The quantitative estimate of drug-likeness (QED) is 0.353. The smallest absolute Gasteiger partial charge is 0.144 e. The lowest BCUT2D eigenvalue weighted by Crippen LogP contribution is -2.22. The molecule has 0 aliphatic carbocycles. The Bertz CT molecular complexity index is 852. The topological polar surface area (TPSA) is 57.8 Å². The highest BCUT2D eigenvalue weighted by molar-refractivity contribution is 9.10. The minimum Gasteiger partial charge on any atom is -0.360 e. The Morgan fingerprint density at radius 1 is 1.25 bits per heavy atom. The molecular weight excluding hydrogens is 386 g/mol. The van der Waals surface area contributed by atoms with Crippen LogP contribution in [0.2, 0.25) is 25.7 Å². The van der Waals surface area contributed by atoms with Crippen molar-refractivity contribution in [2.24, 2.45) is 7.05 Å². The zero-order chi connectivity index (χ0) is 17.3. The van der Waals surface area contributed by atoms with Crippen LogP contribution in [0.3, 0.4) is 0 Å². The van der Waals surface area contributed by atoms with E-state index in [1.54, 1.807) is 0 Å². The van der Waals surface area contributed by atoms with Gasteiger partial charge in [-0.25, -0.2) is 14.6 Å². The third-order valence-corrected chi connectivity index (χ3v) is 5.98. The minimum absolute atomic E-state index is 0.474. The van der Waals surface area contributed by atoms with Gasteiger partial charge in [-0.3, -0.25) is 0 Å². The van der Waals surface area contributed by atoms with Crippen LogP contribution >= 0.6 is 15.9 Å². The average molecular weight is 408 g/mol. The van der Waals surface area contributed by atoms with E-state index in [0.29, 0.717) is 6.73 Å². The molecule has 0 aromatic carbocycles. The second kappa shape index (κ2) is 6.77. The van der Waals surface area contributed by atoms with Gasteiger partial charge in [0.1, 0.15) is 17.2 Å². The second-order valence-electron chi connectivity index (χ2n) is 7.11. The first-order chi connectivity index (χ1) is 11.3. The van der Waals surface area contributed by atoms with Gasteiger partial charge in [-0.15, -0.1) is 0 Å². The average Bonchev–Trinajstić information content (AvgIpc) is 3.07. The Hall–Kier alpha value is -1.51. The first kappa shape index (κ1) is 17.3. The number of nitrogens with zero attached hydrogens (tertiary/aromatic N) is 5. The number of hydrogen-bond donors (Lipinski definition) is 0. The van der Waals surface area contributed by atoms with Crippen LogP contribution in [0.1, 0.15) is 0 Å². The Morgan fingerprint density at radius 2 is 2.04 bits per heavy atom. The molecule has 3 heterocycles. The van der Waals surface area contributed by atoms with Gasteiger partial charge in [0.25, 0.3) is 0 Å². The Morgan fingerprint density at radius 3 is 2.79 bits per heavy atom. The van der Waals surface area contributed by atoms with Crippen molar-refractivity contribution in [1.29, 1.82) is 0 Å². The lowest BCUT2D eigenvalue weighted by molar-refractivity contribution is 0.0786.